The maximum absolute atomic E-state index is 10.8. The van der Waals surface area contributed by atoms with Crippen LogP contribution in [0.1, 0.15) is 6.92 Å². The van der Waals surface area contributed by atoms with Crippen LogP contribution in [-0.2, 0) is 4.79 Å². The molecule has 0 aliphatic heterocycles. The lowest BCUT2D eigenvalue weighted by atomic mass is 10.3. The third kappa shape index (κ3) is 3.17. The predicted octanol–water partition coefficient (Wildman–Crippen LogP) is 2.60. The van der Waals surface area contributed by atoms with E-state index in [4.69, 9.17) is 4.74 Å². The molecule has 1 heterocycles. The summed E-state index contributed by atoms with van der Waals surface area (Å²) in [5.74, 6) is 0.570. The van der Waals surface area contributed by atoms with E-state index >= 15 is 0 Å². The summed E-state index contributed by atoms with van der Waals surface area (Å²) in [6.45, 7) is 1.56. The van der Waals surface area contributed by atoms with Gasteiger partial charge in [0.05, 0.1) is 18.1 Å². The summed E-state index contributed by atoms with van der Waals surface area (Å²) in [5.41, 5.74) is 0.928. The normalized spacial score (nSPS) is 10.2. The molecule has 0 unspecified atom stereocenters. The number of aromatic nitrogens is 2. The van der Waals surface area contributed by atoms with Gasteiger partial charge < -0.3 is 4.74 Å². The average Bonchev–Trinajstić information content (AvgIpc) is 2.75. The van der Waals surface area contributed by atoms with Crippen molar-refractivity contribution in [2.45, 2.75) is 6.92 Å². The summed E-state index contributed by atoms with van der Waals surface area (Å²) in [6, 6.07) is 7.76. The average molecular weight is 295 g/mol. The van der Waals surface area contributed by atoms with Crippen molar-refractivity contribution in [3.63, 3.8) is 0 Å². The topological polar surface area (TPSA) is 44.1 Å². The van der Waals surface area contributed by atoms with Crippen LogP contribution in [0.5, 0.6) is 5.75 Å². The second-order valence-electron chi connectivity index (χ2n) is 3.59. The van der Waals surface area contributed by atoms with Gasteiger partial charge in [0.15, 0.2) is 11.5 Å². The number of carbonyl (C=O) groups excluding carboxylic acids is 1. The van der Waals surface area contributed by atoms with Gasteiger partial charge in [0.2, 0.25) is 0 Å². The van der Waals surface area contributed by atoms with Gasteiger partial charge in [0.25, 0.3) is 0 Å². The van der Waals surface area contributed by atoms with Crippen molar-refractivity contribution in [3.05, 3.63) is 41.1 Å². The molecule has 0 aliphatic carbocycles. The Hall–Kier alpha value is -1.62. The van der Waals surface area contributed by atoms with E-state index in [-0.39, 0.29) is 12.4 Å². The van der Waals surface area contributed by atoms with E-state index in [0.717, 1.165) is 10.2 Å². The van der Waals surface area contributed by atoms with Crippen LogP contribution in [0.3, 0.4) is 0 Å². The van der Waals surface area contributed by atoms with E-state index in [9.17, 15) is 4.79 Å². The van der Waals surface area contributed by atoms with Gasteiger partial charge in [-0.15, -0.1) is 0 Å². The fraction of sp³-hybridized carbons (Fsp3) is 0.167. The Bertz CT molecular complexity index is 537. The van der Waals surface area contributed by atoms with Crippen molar-refractivity contribution in [1.29, 1.82) is 0 Å². The molecule has 0 fully saturated rings. The van der Waals surface area contributed by atoms with Crippen LogP contribution in [0.25, 0.3) is 5.69 Å². The molecular weight excluding hydrogens is 284 g/mol. The highest BCUT2D eigenvalue weighted by atomic mass is 79.9. The summed E-state index contributed by atoms with van der Waals surface area (Å²) in [7, 11) is 0. The van der Waals surface area contributed by atoms with E-state index in [2.05, 4.69) is 21.0 Å². The van der Waals surface area contributed by atoms with Crippen molar-refractivity contribution in [2.75, 3.05) is 6.61 Å². The molecular formula is C12H11BrN2O2. The summed E-state index contributed by atoms with van der Waals surface area (Å²) in [6.07, 6.45) is 3.33. The quantitative estimate of drug-likeness (QED) is 0.871. The Labute approximate surface area is 107 Å². The van der Waals surface area contributed by atoms with Gasteiger partial charge in [0.1, 0.15) is 6.61 Å². The van der Waals surface area contributed by atoms with Crippen molar-refractivity contribution in [3.8, 4) is 11.4 Å². The number of benzene rings is 1. The number of hydrogen-bond donors (Lipinski definition) is 0. The molecule has 2 aromatic rings. The van der Waals surface area contributed by atoms with Crippen molar-refractivity contribution in [2.24, 2.45) is 0 Å². The Morgan fingerprint density at radius 3 is 3.06 bits per heavy atom. The van der Waals surface area contributed by atoms with Gasteiger partial charge in [-0.05, 0) is 25.1 Å². The lowest BCUT2D eigenvalue weighted by Gasteiger charge is -2.01. The molecule has 4 nitrogen and oxygen atoms in total. The zero-order valence-electron chi connectivity index (χ0n) is 9.26. The summed E-state index contributed by atoms with van der Waals surface area (Å²) in [5, 5.41) is 4.17. The smallest absolute Gasteiger partial charge is 0.167 e. The molecule has 1 aromatic carbocycles. The highest BCUT2D eigenvalue weighted by molar-refractivity contribution is 9.10. The van der Waals surface area contributed by atoms with Crippen molar-refractivity contribution >= 4 is 21.7 Å². The molecule has 0 spiro atoms. The highest BCUT2D eigenvalue weighted by Gasteiger charge is 2.03. The fourth-order valence-electron chi connectivity index (χ4n) is 1.33. The van der Waals surface area contributed by atoms with Gasteiger partial charge in [-0.1, -0.05) is 22.0 Å². The Morgan fingerprint density at radius 2 is 2.35 bits per heavy atom. The lowest BCUT2D eigenvalue weighted by Crippen LogP contribution is -2.05. The molecule has 0 bridgehead atoms. The molecule has 88 valence electrons. The van der Waals surface area contributed by atoms with Crippen LogP contribution in [0, 0.1) is 0 Å². The molecule has 0 atom stereocenters. The highest BCUT2D eigenvalue weighted by Crippen LogP contribution is 2.17. The number of nitrogens with zero attached hydrogens (tertiary/aromatic N) is 2. The minimum Gasteiger partial charge on any atom is -0.483 e. The van der Waals surface area contributed by atoms with Crippen LogP contribution < -0.4 is 4.74 Å². The third-order valence-electron chi connectivity index (χ3n) is 2.07. The summed E-state index contributed by atoms with van der Waals surface area (Å²) in [4.78, 5) is 10.8. The first kappa shape index (κ1) is 11.9. The van der Waals surface area contributed by atoms with Crippen molar-refractivity contribution < 1.29 is 9.53 Å². The number of halogens is 1. The lowest BCUT2D eigenvalue weighted by molar-refractivity contribution is -0.118. The van der Waals surface area contributed by atoms with E-state index in [1.807, 2.05) is 24.3 Å². The maximum atomic E-state index is 10.8. The Kier molecular flexibility index (Phi) is 3.58. The van der Waals surface area contributed by atoms with Crippen LogP contribution >= 0.6 is 15.9 Å². The maximum Gasteiger partial charge on any atom is 0.167 e. The molecule has 0 N–H and O–H groups in total. The van der Waals surface area contributed by atoms with Crippen LogP contribution in [0.4, 0.5) is 0 Å². The molecule has 0 saturated carbocycles. The number of carbonyl (C=O) groups is 1. The first-order valence-electron chi connectivity index (χ1n) is 5.08. The predicted molar refractivity (Wildman–Crippen MR) is 67.4 cm³/mol. The van der Waals surface area contributed by atoms with Crippen molar-refractivity contribution in [1.82, 2.24) is 9.78 Å². The largest absolute Gasteiger partial charge is 0.483 e. The second kappa shape index (κ2) is 5.14. The van der Waals surface area contributed by atoms with Gasteiger partial charge in [0, 0.05) is 4.47 Å². The second-order valence-corrected chi connectivity index (χ2v) is 4.51. The standard InChI is InChI=1S/C12H11BrN2O2/c1-9(16)8-17-12-6-14-15(7-12)11-4-2-3-10(13)5-11/h2-7H,8H2,1H3. The first-order chi connectivity index (χ1) is 8.15. The van der Waals surface area contributed by atoms with E-state index in [1.54, 1.807) is 17.1 Å². The van der Waals surface area contributed by atoms with Gasteiger partial charge in [-0.25, -0.2) is 4.68 Å². The first-order valence-corrected chi connectivity index (χ1v) is 5.87. The van der Waals surface area contributed by atoms with Crippen LogP contribution in [0.2, 0.25) is 0 Å². The van der Waals surface area contributed by atoms with E-state index < -0.39 is 0 Å². The SMILES string of the molecule is CC(=O)COc1cnn(-c2cccc(Br)c2)c1. The summed E-state index contributed by atoms with van der Waals surface area (Å²) < 4.78 is 7.93. The minimum absolute atomic E-state index is 0.0137. The number of Topliss-reactive ketones (excluding diaryl/α,β-unsaturated/α-hetero) is 1. The summed E-state index contributed by atoms with van der Waals surface area (Å²) >= 11 is 3.40. The molecule has 0 radical (unpaired) electrons. The number of rotatable bonds is 4. The fourth-order valence-corrected chi connectivity index (χ4v) is 1.71. The molecule has 1 aromatic heterocycles. The number of hydrogen-bond acceptors (Lipinski definition) is 3. The van der Waals surface area contributed by atoms with Crippen LogP contribution in [0.15, 0.2) is 41.1 Å². The third-order valence-corrected chi connectivity index (χ3v) is 2.57. The van der Waals surface area contributed by atoms with Gasteiger partial charge in [-0.2, -0.15) is 5.10 Å². The Morgan fingerprint density at radius 1 is 1.53 bits per heavy atom. The zero-order valence-corrected chi connectivity index (χ0v) is 10.8. The molecule has 2 rings (SSSR count). The minimum atomic E-state index is -0.0137. The van der Waals surface area contributed by atoms with E-state index in [0.29, 0.717) is 5.75 Å². The van der Waals surface area contributed by atoms with Gasteiger partial charge >= 0.3 is 0 Å². The molecule has 0 amide bonds. The molecule has 0 aliphatic rings. The number of ether oxygens (including phenoxy) is 1. The molecule has 0 saturated heterocycles. The molecule has 17 heavy (non-hydrogen) atoms. The molecule has 5 heteroatoms. The monoisotopic (exact) mass is 294 g/mol. The van der Waals surface area contributed by atoms with Crippen LogP contribution in [-0.4, -0.2) is 22.2 Å². The number of ketones is 1. The van der Waals surface area contributed by atoms with E-state index in [1.165, 1.54) is 6.92 Å². The Balaban J connectivity index is 2.15. The zero-order chi connectivity index (χ0) is 12.3. The van der Waals surface area contributed by atoms with Gasteiger partial charge in [-0.3, -0.25) is 4.79 Å².